The molecule has 1 fully saturated rings. The molecule has 2 nitrogen and oxygen atoms in total. The van der Waals surface area contributed by atoms with E-state index >= 15 is 0 Å². The lowest BCUT2D eigenvalue weighted by atomic mass is 9.92. The number of rotatable bonds is 5. The van der Waals surface area contributed by atoms with Crippen LogP contribution >= 0.6 is 27.3 Å². The molecule has 1 atom stereocenters. The Morgan fingerprint density at radius 2 is 2.22 bits per heavy atom. The van der Waals surface area contributed by atoms with E-state index in [0.29, 0.717) is 6.04 Å². The van der Waals surface area contributed by atoms with E-state index in [9.17, 15) is 0 Å². The van der Waals surface area contributed by atoms with E-state index in [-0.39, 0.29) is 0 Å². The summed E-state index contributed by atoms with van der Waals surface area (Å²) in [6.45, 7) is 7.27. The third kappa shape index (κ3) is 3.80. The Bertz CT molecular complexity index is 354. The molecule has 1 aliphatic rings. The smallest absolute Gasteiger partial charge is 0.0731 e. The first kappa shape index (κ1) is 14.5. The van der Waals surface area contributed by atoms with E-state index in [2.05, 4.69) is 41.2 Å². The third-order valence-corrected chi connectivity index (χ3v) is 5.83. The van der Waals surface area contributed by atoms with Crippen LogP contribution in [0.4, 0.5) is 0 Å². The molecule has 2 heterocycles. The van der Waals surface area contributed by atoms with Gasteiger partial charge in [-0.05, 0) is 66.2 Å². The molecule has 0 bridgehead atoms. The average molecular weight is 332 g/mol. The molecule has 1 unspecified atom stereocenters. The van der Waals surface area contributed by atoms with Crippen molar-refractivity contribution in [1.82, 2.24) is 5.32 Å². The second-order valence-electron chi connectivity index (χ2n) is 5.01. The molecule has 2 rings (SSSR count). The van der Waals surface area contributed by atoms with E-state index in [1.165, 1.54) is 33.5 Å². The number of ether oxygens (including phenoxy) is 1. The van der Waals surface area contributed by atoms with Crippen molar-refractivity contribution in [3.8, 4) is 0 Å². The first-order chi connectivity index (χ1) is 8.70. The molecular formula is C14H22BrNOS. The van der Waals surface area contributed by atoms with E-state index in [0.717, 1.165) is 25.7 Å². The van der Waals surface area contributed by atoms with Crippen molar-refractivity contribution in [3.05, 3.63) is 20.3 Å². The minimum Gasteiger partial charge on any atom is -0.381 e. The molecule has 4 heteroatoms. The predicted molar refractivity (Wildman–Crippen MR) is 81.3 cm³/mol. The zero-order valence-electron chi connectivity index (χ0n) is 11.2. The van der Waals surface area contributed by atoms with Gasteiger partial charge in [-0.25, -0.2) is 0 Å². The van der Waals surface area contributed by atoms with Crippen molar-refractivity contribution < 1.29 is 4.74 Å². The number of halogens is 1. The summed E-state index contributed by atoms with van der Waals surface area (Å²) < 4.78 is 6.72. The van der Waals surface area contributed by atoms with E-state index < -0.39 is 0 Å². The van der Waals surface area contributed by atoms with Crippen LogP contribution < -0.4 is 5.32 Å². The highest BCUT2D eigenvalue weighted by molar-refractivity contribution is 9.11. The van der Waals surface area contributed by atoms with Crippen molar-refractivity contribution in [1.29, 1.82) is 0 Å². The predicted octanol–water partition coefficient (Wildman–Crippen LogP) is 4.29. The maximum atomic E-state index is 5.44. The van der Waals surface area contributed by atoms with E-state index in [1.54, 1.807) is 0 Å². The molecule has 1 aromatic rings. The minimum absolute atomic E-state index is 0.507. The lowest BCUT2D eigenvalue weighted by molar-refractivity contribution is 0.0607. The van der Waals surface area contributed by atoms with Crippen molar-refractivity contribution in [2.45, 2.75) is 39.2 Å². The average Bonchev–Trinajstić information content (AvgIpc) is 2.70. The van der Waals surface area contributed by atoms with Gasteiger partial charge in [0, 0.05) is 24.1 Å². The summed E-state index contributed by atoms with van der Waals surface area (Å²) in [5.74, 6) is 0.809. The first-order valence-electron chi connectivity index (χ1n) is 6.77. The standard InChI is InChI=1S/C14H22BrNOS/c1-3-16-12(9-11-4-6-17-7-5-11)13-8-10(2)14(15)18-13/h8,11-12,16H,3-7,9H2,1-2H3. The molecule has 1 N–H and O–H groups in total. The number of hydrogen-bond donors (Lipinski definition) is 1. The van der Waals surface area contributed by atoms with Gasteiger partial charge in [0.25, 0.3) is 0 Å². The summed E-state index contributed by atoms with van der Waals surface area (Å²) in [7, 11) is 0. The van der Waals surface area contributed by atoms with Gasteiger partial charge in [0.2, 0.25) is 0 Å². The van der Waals surface area contributed by atoms with Crippen molar-refractivity contribution in [3.63, 3.8) is 0 Å². The van der Waals surface area contributed by atoms with Crippen LogP contribution in [0.2, 0.25) is 0 Å². The maximum absolute atomic E-state index is 5.44. The van der Waals surface area contributed by atoms with Crippen LogP contribution in [-0.4, -0.2) is 19.8 Å². The largest absolute Gasteiger partial charge is 0.381 e. The molecule has 0 aromatic carbocycles. The van der Waals surface area contributed by atoms with Crippen molar-refractivity contribution in [2.75, 3.05) is 19.8 Å². The first-order valence-corrected chi connectivity index (χ1v) is 8.38. The summed E-state index contributed by atoms with van der Waals surface area (Å²) in [6.07, 6.45) is 3.67. The highest BCUT2D eigenvalue weighted by atomic mass is 79.9. The maximum Gasteiger partial charge on any atom is 0.0731 e. The van der Waals surface area contributed by atoms with Crippen LogP contribution in [-0.2, 0) is 4.74 Å². The minimum atomic E-state index is 0.507. The summed E-state index contributed by atoms with van der Waals surface area (Å²) in [4.78, 5) is 1.47. The van der Waals surface area contributed by atoms with Gasteiger partial charge in [-0.15, -0.1) is 11.3 Å². The molecule has 0 spiro atoms. The lowest BCUT2D eigenvalue weighted by Gasteiger charge is -2.26. The number of nitrogens with one attached hydrogen (secondary N) is 1. The van der Waals surface area contributed by atoms with Gasteiger partial charge in [0.05, 0.1) is 3.79 Å². The second kappa shape index (κ2) is 7.04. The molecule has 0 aliphatic carbocycles. The van der Waals surface area contributed by atoms with E-state index in [4.69, 9.17) is 4.74 Å². The summed E-state index contributed by atoms with van der Waals surface area (Å²) in [5, 5.41) is 3.64. The van der Waals surface area contributed by atoms with Gasteiger partial charge in [-0.1, -0.05) is 6.92 Å². The van der Waals surface area contributed by atoms with Crippen LogP contribution in [0.3, 0.4) is 0 Å². The Balaban J connectivity index is 2.02. The fraction of sp³-hybridized carbons (Fsp3) is 0.714. The monoisotopic (exact) mass is 331 g/mol. The quantitative estimate of drug-likeness (QED) is 0.869. The summed E-state index contributed by atoms with van der Waals surface area (Å²) in [6, 6.07) is 2.83. The van der Waals surface area contributed by atoms with Crippen LogP contribution in [0.1, 0.15) is 42.7 Å². The molecule has 0 radical (unpaired) electrons. The van der Waals surface area contributed by atoms with Crippen LogP contribution in [0, 0.1) is 12.8 Å². The second-order valence-corrected chi connectivity index (χ2v) is 7.41. The highest BCUT2D eigenvalue weighted by Crippen LogP contribution is 2.35. The number of thiophene rings is 1. The van der Waals surface area contributed by atoms with Crippen molar-refractivity contribution >= 4 is 27.3 Å². The molecule has 1 saturated heterocycles. The van der Waals surface area contributed by atoms with Gasteiger partial charge in [0.15, 0.2) is 0 Å². The molecule has 0 amide bonds. The Morgan fingerprint density at radius 1 is 1.50 bits per heavy atom. The Kier molecular flexibility index (Phi) is 5.67. The van der Waals surface area contributed by atoms with E-state index in [1.807, 2.05) is 11.3 Å². The van der Waals surface area contributed by atoms with Crippen molar-refractivity contribution in [2.24, 2.45) is 5.92 Å². The van der Waals surface area contributed by atoms with Gasteiger partial charge in [-0.2, -0.15) is 0 Å². The Labute approximate surface area is 122 Å². The number of aryl methyl sites for hydroxylation is 1. The molecule has 0 saturated carbocycles. The topological polar surface area (TPSA) is 21.3 Å². The normalized spacial score (nSPS) is 19.1. The molecule has 1 aliphatic heterocycles. The van der Waals surface area contributed by atoms with Crippen LogP contribution in [0.15, 0.2) is 9.85 Å². The molecule has 1 aromatic heterocycles. The Hall–Kier alpha value is 0.1000. The fourth-order valence-corrected chi connectivity index (χ4v) is 4.18. The molecular weight excluding hydrogens is 310 g/mol. The highest BCUT2D eigenvalue weighted by Gasteiger charge is 2.21. The van der Waals surface area contributed by atoms with Crippen LogP contribution in [0.25, 0.3) is 0 Å². The zero-order valence-corrected chi connectivity index (χ0v) is 13.6. The lowest BCUT2D eigenvalue weighted by Crippen LogP contribution is -2.25. The third-order valence-electron chi connectivity index (χ3n) is 3.58. The molecule has 102 valence electrons. The van der Waals surface area contributed by atoms with Gasteiger partial charge < -0.3 is 10.1 Å². The van der Waals surface area contributed by atoms with Gasteiger partial charge in [0.1, 0.15) is 0 Å². The summed E-state index contributed by atoms with van der Waals surface area (Å²) >= 11 is 5.51. The summed E-state index contributed by atoms with van der Waals surface area (Å²) in [5.41, 5.74) is 1.35. The number of hydrogen-bond acceptors (Lipinski definition) is 3. The zero-order chi connectivity index (χ0) is 13.0. The molecule has 18 heavy (non-hydrogen) atoms. The SMILES string of the molecule is CCNC(CC1CCOCC1)c1cc(C)c(Br)s1. The fourth-order valence-electron chi connectivity index (χ4n) is 2.52. The van der Waals surface area contributed by atoms with Gasteiger partial charge in [-0.3, -0.25) is 0 Å². The van der Waals surface area contributed by atoms with Crippen LogP contribution in [0.5, 0.6) is 0 Å². The van der Waals surface area contributed by atoms with Gasteiger partial charge >= 0.3 is 0 Å². The Morgan fingerprint density at radius 3 is 2.78 bits per heavy atom.